The monoisotopic (exact) mass is 292 g/mol. The highest BCUT2D eigenvalue weighted by molar-refractivity contribution is 5.37. The van der Waals surface area contributed by atoms with Crippen molar-refractivity contribution in [3.05, 3.63) is 0 Å². The Morgan fingerprint density at radius 2 is 1.29 bits per heavy atom. The van der Waals surface area contributed by atoms with Gasteiger partial charge in [0.15, 0.2) is 12.3 Å². The van der Waals surface area contributed by atoms with Crippen molar-refractivity contribution in [1.29, 1.82) is 0 Å². The third-order valence-corrected chi connectivity index (χ3v) is 2.94. The van der Waals surface area contributed by atoms with Crippen LogP contribution in [0.2, 0.25) is 0 Å². The van der Waals surface area contributed by atoms with Crippen LogP contribution in [0.5, 0.6) is 0 Å². The van der Waals surface area contributed by atoms with E-state index in [0.717, 1.165) is 0 Å². The summed E-state index contributed by atoms with van der Waals surface area (Å²) in [5.41, 5.74) is -0.616. The van der Waals surface area contributed by atoms with E-state index in [-0.39, 0.29) is 5.92 Å². The van der Waals surface area contributed by atoms with E-state index in [1.807, 2.05) is 6.92 Å². The van der Waals surface area contributed by atoms with E-state index in [4.69, 9.17) is 0 Å². The third-order valence-electron chi connectivity index (χ3n) is 2.94. The number of rotatable bonds is 9. The molecule has 0 saturated heterocycles. The van der Waals surface area contributed by atoms with E-state index in [9.17, 15) is 19.2 Å². The van der Waals surface area contributed by atoms with E-state index in [2.05, 4.69) is 20.0 Å². The van der Waals surface area contributed by atoms with Crippen molar-refractivity contribution in [1.82, 2.24) is 0 Å². The highest BCUT2D eigenvalue weighted by Gasteiger charge is 2.32. The lowest BCUT2D eigenvalue weighted by Crippen LogP contribution is -2.29. The predicted octanol–water partition coefficient (Wildman–Crippen LogP) is 1.42. The zero-order chi connectivity index (χ0) is 16.3. The molecule has 0 aromatic heterocycles. The van der Waals surface area contributed by atoms with Crippen LogP contribution in [0.3, 0.4) is 0 Å². The lowest BCUT2D eigenvalue weighted by atomic mass is 9.79. The molecule has 8 heteroatoms. The Hall–Kier alpha value is -2.48. The molecule has 0 aliphatic carbocycles. The first-order chi connectivity index (χ1) is 9.91. The van der Waals surface area contributed by atoms with E-state index >= 15 is 0 Å². The van der Waals surface area contributed by atoms with Crippen LogP contribution in [-0.2, 0) is 19.2 Å². The molecular formula is C13H16N4O4. The van der Waals surface area contributed by atoms with Gasteiger partial charge in [-0.15, -0.1) is 0 Å². The standard InChI is InChI=1S/C13H16N4O4/c1-10(4-11(14-6-18)15-7-19)5-13(2,3)12(16-8-20)17-9-21/h10-12H,4-5H2,1-3H3. The lowest BCUT2D eigenvalue weighted by molar-refractivity contribution is 0.218. The smallest absolute Gasteiger partial charge is 0.211 e. The maximum Gasteiger partial charge on any atom is 0.237 e. The van der Waals surface area contributed by atoms with Crippen LogP contribution < -0.4 is 0 Å². The molecule has 8 nitrogen and oxygen atoms in total. The maximum absolute atomic E-state index is 10.4. The molecule has 21 heavy (non-hydrogen) atoms. The van der Waals surface area contributed by atoms with Gasteiger partial charge in [-0.2, -0.15) is 20.0 Å². The molecule has 0 aromatic rings. The Kier molecular flexibility index (Phi) is 8.31. The molecule has 0 aliphatic rings. The van der Waals surface area contributed by atoms with Crippen molar-refractivity contribution in [3.8, 4) is 0 Å². The van der Waals surface area contributed by atoms with Crippen LogP contribution in [0.25, 0.3) is 0 Å². The fourth-order valence-corrected chi connectivity index (χ4v) is 2.18. The van der Waals surface area contributed by atoms with Gasteiger partial charge in [-0.1, -0.05) is 20.8 Å². The van der Waals surface area contributed by atoms with E-state index in [1.54, 1.807) is 13.8 Å². The minimum atomic E-state index is -0.891. The second-order valence-corrected chi connectivity index (χ2v) is 5.27. The fraction of sp³-hybridized carbons (Fsp3) is 0.692. The Bertz CT molecular complexity index is 498. The van der Waals surface area contributed by atoms with Crippen molar-refractivity contribution in [2.75, 3.05) is 0 Å². The molecule has 0 fully saturated rings. The minimum Gasteiger partial charge on any atom is -0.211 e. The number of nitrogens with zero attached hydrogens (tertiary/aromatic N) is 4. The second-order valence-electron chi connectivity index (χ2n) is 5.27. The molecule has 0 bridgehead atoms. The fourth-order valence-electron chi connectivity index (χ4n) is 2.18. The summed E-state index contributed by atoms with van der Waals surface area (Å²) in [5, 5.41) is 0. The van der Waals surface area contributed by atoms with Crippen LogP contribution >= 0.6 is 0 Å². The molecule has 0 saturated carbocycles. The van der Waals surface area contributed by atoms with Crippen LogP contribution in [0.1, 0.15) is 33.6 Å². The quantitative estimate of drug-likeness (QED) is 0.471. The number of aliphatic imine (C=N–C) groups is 4. The molecule has 0 N–H and O–H groups in total. The highest BCUT2D eigenvalue weighted by atomic mass is 16.1. The van der Waals surface area contributed by atoms with Crippen molar-refractivity contribution in [2.45, 2.75) is 45.9 Å². The van der Waals surface area contributed by atoms with Gasteiger partial charge in [0.05, 0.1) is 0 Å². The van der Waals surface area contributed by atoms with Gasteiger partial charge < -0.3 is 0 Å². The molecule has 0 aromatic carbocycles. The maximum atomic E-state index is 10.4. The van der Waals surface area contributed by atoms with Gasteiger partial charge in [-0.25, -0.2) is 19.2 Å². The largest absolute Gasteiger partial charge is 0.237 e. The molecule has 0 amide bonds. The van der Waals surface area contributed by atoms with Crippen LogP contribution in [0, 0.1) is 11.3 Å². The van der Waals surface area contributed by atoms with Crippen molar-refractivity contribution in [3.63, 3.8) is 0 Å². The first kappa shape index (κ1) is 18.5. The van der Waals surface area contributed by atoms with E-state index in [1.165, 1.54) is 24.3 Å². The molecular weight excluding hydrogens is 276 g/mol. The van der Waals surface area contributed by atoms with Gasteiger partial charge in [0, 0.05) is 5.41 Å². The zero-order valence-electron chi connectivity index (χ0n) is 12.1. The number of isocyanates is 4. The van der Waals surface area contributed by atoms with Gasteiger partial charge in [0.1, 0.15) is 0 Å². The highest BCUT2D eigenvalue weighted by Crippen LogP contribution is 2.33. The van der Waals surface area contributed by atoms with Gasteiger partial charge in [0.2, 0.25) is 24.3 Å². The van der Waals surface area contributed by atoms with Gasteiger partial charge in [-0.05, 0) is 18.8 Å². The summed E-state index contributed by atoms with van der Waals surface area (Å²) in [7, 11) is 0. The molecule has 0 heterocycles. The molecule has 0 aliphatic heterocycles. The number of carbonyl (C=O) groups excluding carboxylic acids is 4. The van der Waals surface area contributed by atoms with Gasteiger partial charge >= 0.3 is 0 Å². The van der Waals surface area contributed by atoms with Crippen LogP contribution in [0.15, 0.2) is 20.0 Å². The van der Waals surface area contributed by atoms with E-state index in [0.29, 0.717) is 12.8 Å². The number of hydrogen-bond acceptors (Lipinski definition) is 8. The first-order valence-corrected chi connectivity index (χ1v) is 6.19. The summed E-state index contributed by atoms with van der Waals surface area (Å²) >= 11 is 0. The summed E-state index contributed by atoms with van der Waals surface area (Å²) in [6.07, 6.45) is 4.52. The second kappa shape index (κ2) is 9.43. The molecule has 0 rings (SSSR count). The summed E-state index contributed by atoms with van der Waals surface area (Å²) in [6, 6.07) is 0. The van der Waals surface area contributed by atoms with Crippen molar-refractivity contribution < 1.29 is 19.2 Å². The molecule has 1 atom stereocenters. The Labute approximate surface area is 121 Å². The summed E-state index contributed by atoms with van der Waals surface area (Å²) in [4.78, 5) is 55.0. The summed E-state index contributed by atoms with van der Waals surface area (Å²) in [5.74, 6) is -0.0367. The Morgan fingerprint density at radius 3 is 1.67 bits per heavy atom. The number of hydrogen-bond donors (Lipinski definition) is 0. The molecule has 1 unspecified atom stereocenters. The Morgan fingerprint density at radius 1 is 0.857 bits per heavy atom. The zero-order valence-corrected chi connectivity index (χ0v) is 12.1. The van der Waals surface area contributed by atoms with Gasteiger partial charge in [0.25, 0.3) is 0 Å². The SMILES string of the molecule is CC(CC(N=C=O)N=C=O)CC(C)(C)C(N=C=O)N=C=O. The van der Waals surface area contributed by atoms with Crippen LogP contribution in [-0.4, -0.2) is 36.7 Å². The molecule has 0 spiro atoms. The Balaban J connectivity index is 4.97. The minimum absolute atomic E-state index is 0.0367. The first-order valence-electron chi connectivity index (χ1n) is 6.19. The van der Waals surface area contributed by atoms with Crippen LogP contribution in [0.4, 0.5) is 0 Å². The van der Waals surface area contributed by atoms with Crippen molar-refractivity contribution >= 4 is 24.3 Å². The average Bonchev–Trinajstić information content (AvgIpc) is 2.38. The topological polar surface area (TPSA) is 118 Å². The lowest BCUT2D eigenvalue weighted by Gasteiger charge is -2.30. The van der Waals surface area contributed by atoms with Crippen molar-refractivity contribution in [2.24, 2.45) is 31.3 Å². The summed E-state index contributed by atoms with van der Waals surface area (Å²) < 4.78 is 0. The normalized spacial score (nSPS) is 14.2. The molecule has 0 radical (unpaired) electrons. The predicted molar refractivity (Wildman–Crippen MR) is 72.2 cm³/mol. The van der Waals surface area contributed by atoms with E-state index < -0.39 is 17.7 Å². The summed E-state index contributed by atoms with van der Waals surface area (Å²) in [6.45, 7) is 5.40. The van der Waals surface area contributed by atoms with Gasteiger partial charge in [-0.3, -0.25) is 0 Å². The third kappa shape index (κ3) is 7.02. The average molecular weight is 292 g/mol. The molecule has 112 valence electrons.